The number of benzene rings is 1. The molecule has 0 radical (unpaired) electrons. The number of ketones is 1. The van der Waals surface area contributed by atoms with E-state index in [0.717, 1.165) is 5.16 Å². The van der Waals surface area contributed by atoms with E-state index in [9.17, 15) is 9.18 Å². The van der Waals surface area contributed by atoms with Crippen LogP contribution in [0.2, 0.25) is 0 Å². The summed E-state index contributed by atoms with van der Waals surface area (Å²) in [5.74, 6) is -0.324. The zero-order chi connectivity index (χ0) is 13.8. The molecule has 0 atom stereocenters. The van der Waals surface area contributed by atoms with Crippen LogP contribution in [0.4, 0.5) is 4.39 Å². The molecule has 0 N–H and O–H groups in total. The highest BCUT2D eigenvalue weighted by Gasteiger charge is 2.11. The van der Waals surface area contributed by atoms with Crippen LogP contribution in [0.1, 0.15) is 10.4 Å². The van der Waals surface area contributed by atoms with Gasteiger partial charge in [0, 0.05) is 25.0 Å². The van der Waals surface area contributed by atoms with Gasteiger partial charge in [0.1, 0.15) is 0 Å². The molecule has 0 saturated heterocycles. The van der Waals surface area contributed by atoms with Gasteiger partial charge in [-0.15, -0.1) is 0 Å². The highest BCUT2D eigenvalue weighted by Crippen LogP contribution is 2.20. The van der Waals surface area contributed by atoms with Crippen LogP contribution in [0.25, 0.3) is 0 Å². The summed E-state index contributed by atoms with van der Waals surface area (Å²) in [7, 11) is 3.24. The zero-order valence-corrected chi connectivity index (χ0v) is 11.4. The smallest absolute Gasteiger partial charge is 0.173 e. The number of nitrogens with zero attached hydrogens (tertiary/aromatic N) is 2. The molecule has 100 valence electrons. The molecule has 2 rings (SSSR count). The lowest BCUT2D eigenvalue weighted by atomic mass is 10.1. The number of thioether (sulfide) groups is 1. The summed E-state index contributed by atoms with van der Waals surface area (Å²) in [6.45, 7) is 0. The maximum Gasteiger partial charge on any atom is 0.173 e. The first-order valence-corrected chi connectivity index (χ1v) is 6.57. The van der Waals surface area contributed by atoms with E-state index in [1.807, 2.05) is 11.6 Å². The molecule has 0 bridgehead atoms. The van der Waals surface area contributed by atoms with Gasteiger partial charge in [-0.3, -0.25) is 4.79 Å². The molecule has 0 amide bonds. The number of aryl methyl sites for hydroxylation is 1. The molecular formula is C13H13FN2O2S. The van der Waals surface area contributed by atoms with Crippen molar-refractivity contribution in [3.8, 4) is 5.75 Å². The molecule has 1 heterocycles. The maximum absolute atomic E-state index is 13.5. The van der Waals surface area contributed by atoms with E-state index >= 15 is 0 Å². The van der Waals surface area contributed by atoms with Crippen LogP contribution in [0, 0.1) is 5.82 Å². The number of ether oxygens (including phenoxy) is 1. The van der Waals surface area contributed by atoms with Gasteiger partial charge in [-0.2, -0.15) is 0 Å². The minimum atomic E-state index is -0.532. The Bertz CT molecular complexity index is 598. The van der Waals surface area contributed by atoms with Gasteiger partial charge >= 0.3 is 0 Å². The Kier molecular flexibility index (Phi) is 4.21. The number of halogens is 1. The van der Waals surface area contributed by atoms with Crippen LogP contribution < -0.4 is 4.74 Å². The lowest BCUT2D eigenvalue weighted by Crippen LogP contribution is -2.04. The summed E-state index contributed by atoms with van der Waals surface area (Å²) in [4.78, 5) is 16.0. The molecule has 0 spiro atoms. The summed E-state index contributed by atoms with van der Waals surface area (Å²) >= 11 is 1.32. The quantitative estimate of drug-likeness (QED) is 0.623. The average molecular weight is 280 g/mol. The minimum Gasteiger partial charge on any atom is -0.494 e. The van der Waals surface area contributed by atoms with Crippen LogP contribution in [-0.2, 0) is 7.05 Å². The molecule has 6 heteroatoms. The number of aromatic nitrogens is 2. The lowest BCUT2D eigenvalue weighted by Gasteiger charge is -2.05. The van der Waals surface area contributed by atoms with Crippen molar-refractivity contribution in [2.45, 2.75) is 5.16 Å². The zero-order valence-electron chi connectivity index (χ0n) is 10.6. The fraction of sp³-hybridized carbons (Fsp3) is 0.231. The fourth-order valence-corrected chi connectivity index (χ4v) is 2.37. The number of rotatable bonds is 5. The Morgan fingerprint density at radius 3 is 2.89 bits per heavy atom. The highest BCUT2D eigenvalue weighted by atomic mass is 32.2. The fourth-order valence-electron chi connectivity index (χ4n) is 1.54. The number of hydrogen-bond donors (Lipinski definition) is 0. The van der Waals surface area contributed by atoms with E-state index in [0.29, 0.717) is 5.56 Å². The molecule has 1 aromatic carbocycles. The van der Waals surface area contributed by atoms with Gasteiger partial charge in [0.15, 0.2) is 22.5 Å². The number of Topliss-reactive ketones (excluding diaryl/α,β-unsaturated/α-hetero) is 1. The Hall–Kier alpha value is -1.82. The topological polar surface area (TPSA) is 44.1 Å². The maximum atomic E-state index is 13.5. The minimum absolute atomic E-state index is 0.133. The summed E-state index contributed by atoms with van der Waals surface area (Å²) in [6.07, 6.45) is 3.47. The van der Waals surface area contributed by atoms with Gasteiger partial charge in [0.2, 0.25) is 0 Å². The summed E-state index contributed by atoms with van der Waals surface area (Å²) in [5.41, 5.74) is 0.333. The van der Waals surface area contributed by atoms with E-state index in [1.54, 1.807) is 18.5 Å². The molecule has 2 aromatic rings. The van der Waals surface area contributed by atoms with Crippen molar-refractivity contribution in [1.29, 1.82) is 0 Å². The van der Waals surface area contributed by atoms with E-state index in [4.69, 9.17) is 4.74 Å². The number of imidazole rings is 1. The molecule has 0 fully saturated rings. The predicted octanol–water partition coefficient (Wildman–Crippen LogP) is 2.54. The summed E-state index contributed by atoms with van der Waals surface area (Å²) in [5, 5.41) is 0.752. The number of hydrogen-bond acceptors (Lipinski definition) is 4. The number of carbonyl (C=O) groups is 1. The normalized spacial score (nSPS) is 10.5. The van der Waals surface area contributed by atoms with Gasteiger partial charge < -0.3 is 9.30 Å². The van der Waals surface area contributed by atoms with E-state index in [1.165, 1.54) is 31.0 Å². The van der Waals surface area contributed by atoms with Crippen LogP contribution in [0.15, 0.2) is 35.7 Å². The standard InChI is InChI=1S/C13H13FN2O2S/c1-16-6-5-15-13(16)19-8-11(17)9-3-4-12(18-2)10(14)7-9/h3-7H,8H2,1-2H3. The van der Waals surface area contributed by atoms with Gasteiger partial charge in [-0.1, -0.05) is 11.8 Å². The van der Waals surface area contributed by atoms with Crippen LogP contribution in [-0.4, -0.2) is 28.2 Å². The highest BCUT2D eigenvalue weighted by molar-refractivity contribution is 7.99. The van der Waals surface area contributed by atoms with Crippen LogP contribution in [0.5, 0.6) is 5.75 Å². The van der Waals surface area contributed by atoms with Crippen LogP contribution >= 0.6 is 11.8 Å². The largest absolute Gasteiger partial charge is 0.494 e. The van der Waals surface area contributed by atoms with Crippen LogP contribution in [0.3, 0.4) is 0 Å². The molecule has 1 aromatic heterocycles. The second-order valence-corrected chi connectivity index (χ2v) is 4.82. The molecule has 19 heavy (non-hydrogen) atoms. The van der Waals surface area contributed by atoms with Gasteiger partial charge in [0.25, 0.3) is 0 Å². The predicted molar refractivity (Wildman–Crippen MR) is 71.2 cm³/mol. The van der Waals surface area contributed by atoms with Gasteiger partial charge in [-0.05, 0) is 18.2 Å². The van der Waals surface area contributed by atoms with Crippen molar-refractivity contribution < 1.29 is 13.9 Å². The van der Waals surface area contributed by atoms with Crippen molar-refractivity contribution in [2.24, 2.45) is 7.05 Å². The molecular weight excluding hydrogens is 267 g/mol. The molecule has 0 aliphatic heterocycles. The van der Waals surface area contributed by atoms with Gasteiger partial charge in [0.05, 0.1) is 12.9 Å². The van der Waals surface area contributed by atoms with E-state index in [2.05, 4.69) is 4.98 Å². The second-order valence-electron chi connectivity index (χ2n) is 3.88. The molecule has 0 aliphatic rings. The lowest BCUT2D eigenvalue weighted by molar-refractivity contribution is 0.102. The SMILES string of the molecule is COc1ccc(C(=O)CSc2nccn2C)cc1F. The molecule has 0 aliphatic carbocycles. The molecule has 0 unspecified atom stereocenters. The van der Waals surface area contributed by atoms with Crippen molar-refractivity contribution in [1.82, 2.24) is 9.55 Å². The number of methoxy groups -OCH3 is 1. The van der Waals surface area contributed by atoms with Crippen molar-refractivity contribution >= 4 is 17.5 Å². The Labute approximate surface area is 114 Å². The Morgan fingerprint density at radius 2 is 2.32 bits per heavy atom. The number of carbonyl (C=O) groups excluding carboxylic acids is 1. The van der Waals surface area contributed by atoms with Gasteiger partial charge in [-0.25, -0.2) is 9.37 Å². The molecule has 4 nitrogen and oxygen atoms in total. The first kappa shape index (κ1) is 13.6. The van der Waals surface area contributed by atoms with Crippen molar-refractivity contribution in [2.75, 3.05) is 12.9 Å². The van der Waals surface area contributed by atoms with E-state index in [-0.39, 0.29) is 17.3 Å². The van der Waals surface area contributed by atoms with E-state index < -0.39 is 5.82 Å². The van der Waals surface area contributed by atoms with Crippen molar-refractivity contribution in [3.05, 3.63) is 42.0 Å². The molecule has 0 saturated carbocycles. The third kappa shape index (κ3) is 3.14. The first-order chi connectivity index (χ1) is 9.11. The summed E-state index contributed by atoms with van der Waals surface area (Å²) in [6, 6.07) is 4.21. The monoisotopic (exact) mass is 280 g/mol. The Balaban J connectivity index is 2.04. The third-order valence-corrected chi connectivity index (χ3v) is 3.64. The first-order valence-electron chi connectivity index (χ1n) is 5.58. The summed E-state index contributed by atoms with van der Waals surface area (Å²) < 4.78 is 20.1. The third-order valence-electron chi connectivity index (χ3n) is 2.58. The average Bonchev–Trinajstić information content (AvgIpc) is 2.81. The second kappa shape index (κ2) is 5.88. The Morgan fingerprint density at radius 1 is 1.53 bits per heavy atom. The van der Waals surface area contributed by atoms with Crippen molar-refractivity contribution in [3.63, 3.8) is 0 Å².